The molecule has 0 aliphatic carbocycles. The molecule has 1 N–H and O–H groups in total. The second-order valence-electron chi connectivity index (χ2n) is 5.18. The monoisotopic (exact) mass is 260 g/mol. The molecule has 0 bridgehead atoms. The highest BCUT2D eigenvalue weighted by molar-refractivity contribution is 5.82. The number of hydrogen-bond donors (Lipinski definition) is 1. The number of hydrogen-bond acceptors (Lipinski definition) is 2. The van der Waals surface area contributed by atoms with E-state index in [1.807, 2.05) is 4.90 Å². The summed E-state index contributed by atoms with van der Waals surface area (Å²) in [5.41, 5.74) is 2.63. The Morgan fingerprint density at radius 2 is 2.05 bits per heavy atom. The van der Waals surface area contributed by atoms with Gasteiger partial charge in [0.05, 0.1) is 6.04 Å². The van der Waals surface area contributed by atoms with E-state index in [1.54, 1.807) is 0 Å². The summed E-state index contributed by atoms with van der Waals surface area (Å²) >= 11 is 0. The maximum absolute atomic E-state index is 12.5. The maximum Gasteiger partial charge on any atom is 0.240 e. The van der Waals surface area contributed by atoms with Gasteiger partial charge in [-0.1, -0.05) is 37.6 Å². The highest BCUT2D eigenvalue weighted by Gasteiger charge is 2.26. The zero-order valence-corrected chi connectivity index (χ0v) is 12.0. The minimum atomic E-state index is -0.0493. The number of rotatable bonds is 5. The van der Waals surface area contributed by atoms with Gasteiger partial charge in [-0.15, -0.1) is 0 Å². The first-order valence-corrected chi connectivity index (χ1v) is 7.35. The van der Waals surface area contributed by atoms with Gasteiger partial charge in [-0.3, -0.25) is 4.79 Å². The Kier molecular flexibility index (Phi) is 4.97. The SMILES string of the molecule is CCCCN(CC)C(=O)C1Cc2ccccc2CN1. The van der Waals surface area contributed by atoms with E-state index in [9.17, 15) is 4.79 Å². The first-order valence-electron chi connectivity index (χ1n) is 7.35. The standard InChI is InChI=1S/C16H24N2O/c1-3-5-10-18(4-2)16(19)15-11-13-8-6-7-9-14(13)12-17-15/h6-9,15,17H,3-5,10-12H2,1-2H3. The molecule has 1 aliphatic heterocycles. The minimum absolute atomic E-state index is 0.0493. The van der Waals surface area contributed by atoms with Crippen molar-refractivity contribution >= 4 is 5.91 Å². The van der Waals surface area contributed by atoms with Crippen molar-refractivity contribution in [3.8, 4) is 0 Å². The van der Waals surface area contributed by atoms with Gasteiger partial charge in [0.2, 0.25) is 5.91 Å². The zero-order valence-electron chi connectivity index (χ0n) is 12.0. The van der Waals surface area contributed by atoms with E-state index in [1.165, 1.54) is 11.1 Å². The van der Waals surface area contributed by atoms with E-state index < -0.39 is 0 Å². The molecule has 3 nitrogen and oxygen atoms in total. The summed E-state index contributed by atoms with van der Waals surface area (Å²) in [6.07, 6.45) is 3.03. The molecule has 1 aromatic rings. The first kappa shape index (κ1) is 14.1. The van der Waals surface area contributed by atoms with Gasteiger partial charge in [0.1, 0.15) is 0 Å². The summed E-state index contributed by atoms with van der Waals surface area (Å²) in [7, 11) is 0. The minimum Gasteiger partial charge on any atom is -0.342 e. The van der Waals surface area contributed by atoms with Crippen LogP contribution in [0.4, 0.5) is 0 Å². The van der Waals surface area contributed by atoms with Gasteiger partial charge in [0.25, 0.3) is 0 Å². The molecule has 0 radical (unpaired) electrons. The van der Waals surface area contributed by atoms with Gasteiger partial charge >= 0.3 is 0 Å². The molecule has 19 heavy (non-hydrogen) atoms. The van der Waals surface area contributed by atoms with Gasteiger partial charge in [0.15, 0.2) is 0 Å². The van der Waals surface area contributed by atoms with E-state index in [4.69, 9.17) is 0 Å². The molecular weight excluding hydrogens is 236 g/mol. The number of nitrogens with zero attached hydrogens (tertiary/aromatic N) is 1. The molecule has 104 valence electrons. The van der Waals surface area contributed by atoms with Crippen LogP contribution in [0.2, 0.25) is 0 Å². The highest BCUT2D eigenvalue weighted by atomic mass is 16.2. The third kappa shape index (κ3) is 3.35. The van der Waals surface area contributed by atoms with Gasteiger partial charge in [-0.2, -0.15) is 0 Å². The molecule has 2 rings (SSSR count). The first-order chi connectivity index (χ1) is 9.26. The van der Waals surface area contributed by atoms with Crippen LogP contribution in [0.25, 0.3) is 0 Å². The molecule has 1 aromatic carbocycles. The summed E-state index contributed by atoms with van der Waals surface area (Å²) in [6, 6.07) is 8.34. The number of carbonyl (C=O) groups is 1. The quantitative estimate of drug-likeness (QED) is 0.881. The molecule has 0 spiro atoms. The van der Waals surface area contributed by atoms with E-state index >= 15 is 0 Å². The summed E-state index contributed by atoms with van der Waals surface area (Å²) in [5.74, 6) is 0.255. The maximum atomic E-state index is 12.5. The van der Waals surface area contributed by atoms with Crippen LogP contribution >= 0.6 is 0 Å². The molecule has 0 saturated carbocycles. The molecule has 1 unspecified atom stereocenters. The number of likely N-dealkylation sites (N-methyl/N-ethyl adjacent to an activating group) is 1. The van der Waals surface area contributed by atoms with E-state index in [2.05, 4.69) is 43.4 Å². The molecule has 1 amide bonds. The Balaban J connectivity index is 2.01. The molecule has 0 fully saturated rings. The molecule has 3 heteroatoms. The smallest absolute Gasteiger partial charge is 0.240 e. The fourth-order valence-corrected chi connectivity index (χ4v) is 2.62. The average Bonchev–Trinajstić information content (AvgIpc) is 2.47. The van der Waals surface area contributed by atoms with Crippen molar-refractivity contribution in [2.24, 2.45) is 0 Å². The zero-order chi connectivity index (χ0) is 13.7. The van der Waals surface area contributed by atoms with Crippen molar-refractivity contribution < 1.29 is 4.79 Å². The van der Waals surface area contributed by atoms with E-state index in [0.29, 0.717) is 0 Å². The number of nitrogens with one attached hydrogen (secondary N) is 1. The van der Waals surface area contributed by atoms with E-state index in [-0.39, 0.29) is 11.9 Å². The number of amides is 1. The molecule has 0 saturated heterocycles. The Hall–Kier alpha value is -1.35. The summed E-state index contributed by atoms with van der Waals surface area (Å²) in [5, 5.41) is 3.38. The summed E-state index contributed by atoms with van der Waals surface area (Å²) in [4.78, 5) is 14.5. The van der Waals surface area contributed by atoms with Crippen LogP contribution in [-0.2, 0) is 17.8 Å². The largest absolute Gasteiger partial charge is 0.342 e. The number of fused-ring (bicyclic) bond motifs is 1. The Morgan fingerprint density at radius 1 is 1.32 bits per heavy atom. The van der Waals surface area contributed by atoms with Crippen molar-refractivity contribution in [2.75, 3.05) is 13.1 Å². The lowest BCUT2D eigenvalue weighted by molar-refractivity contribution is -0.133. The topological polar surface area (TPSA) is 32.3 Å². The molecular formula is C16H24N2O. The number of benzene rings is 1. The van der Waals surface area contributed by atoms with Gasteiger partial charge in [-0.05, 0) is 30.9 Å². The van der Waals surface area contributed by atoms with Crippen LogP contribution in [0.15, 0.2) is 24.3 Å². The van der Waals surface area contributed by atoms with Crippen molar-refractivity contribution in [2.45, 2.75) is 45.7 Å². The normalized spacial score (nSPS) is 17.9. The number of carbonyl (C=O) groups excluding carboxylic acids is 1. The second kappa shape index (κ2) is 6.71. The van der Waals surface area contributed by atoms with Crippen LogP contribution in [0.1, 0.15) is 37.8 Å². The van der Waals surface area contributed by atoms with Crippen LogP contribution in [-0.4, -0.2) is 29.9 Å². The lowest BCUT2D eigenvalue weighted by Gasteiger charge is -2.30. The molecule has 1 heterocycles. The van der Waals surface area contributed by atoms with Gasteiger partial charge in [0, 0.05) is 19.6 Å². The van der Waals surface area contributed by atoms with Gasteiger partial charge < -0.3 is 10.2 Å². The van der Waals surface area contributed by atoms with E-state index in [0.717, 1.165) is 38.9 Å². The van der Waals surface area contributed by atoms with Crippen LogP contribution in [0, 0.1) is 0 Å². The van der Waals surface area contributed by atoms with Gasteiger partial charge in [-0.25, -0.2) is 0 Å². The third-order valence-corrected chi connectivity index (χ3v) is 3.85. The fourth-order valence-electron chi connectivity index (χ4n) is 2.62. The van der Waals surface area contributed by atoms with Crippen molar-refractivity contribution in [1.29, 1.82) is 0 Å². The summed E-state index contributed by atoms with van der Waals surface area (Å²) < 4.78 is 0. The molecule has 0 aromatic heterocycles. The molecule has 1 atom stereocenters. The van der Waals surface area contributed by atoms with Crippen LogP contribution in [0.3, 0.4) is 0 Å². The predicted octanol–water partition coefficient (Wildman–Crippen LogP) is 2.35. The summed E-state index contributed by atoms with van der Waals surface area (Å²) in [6.45, 7) is 6.71. The fraction of sp³-hybridized carbons (Fsp3) is 0.562. The predicted molar refractivity (Wildman–Crippen MR) is 77.9 cm³/mol. The van der Waals surface area contributed by atoms with Crippen molar-refractivity contribution in [1.82, 2.24) is 10.2 Å². The lowest BCUT2D eigenvalue weighted by Crippen LogP contribution is -2.49. The van der Waals surface area contributed by atoms with Crippen LogP contribution < -0.4 is 5.32 Å². The second-order valence-corrected chi connectivity index (χ2v) is 5.18. The van der Waals surface area contributed by atoms with Crippen LogP contribution in [0.5, 0.6) is 0 Å². The Bertz CT molecular complexity index is 431. The Morgan fingerprint density at radius 3 is 2.74 bits per heavy atom. The van der Waals surface area contributed by atoms with Crippen molar-refractivity contribution in [3.63, 3.8) is 0 Å². The van der Waals surface area contributed by atoms with Crippen molar-refractivity contribution in [3.05, 3.63) is 35.4 Å². The number of unbranched alkanes of at least 4 members (excludes halogenated alkanes) is 1. The molecule has 1 aliphatic rings. The Labute approximate surface area is 116 Å². The third-order valence-electron chi connectivity index (χ3n) is 3.85. The highest BCUT2D eigenvalue weighted by Crippen LogP contribution is 2.17. The lowest BCUT2D eigenvalue weighted by atomic mass is 9.95. The average molecular weight is 260 g/mol.